The lowest BCUT2D eigenvalue weighted by molar-refractivity contribution is -0.119. The Bertz CT molecular complexity index is 891. The molecule has 0 saturated carbocycles. The molecule has 0 spiro atoms. The van der Waals surface area contributed by atoms with Gasteiger partial charge in [-0.1, -0.05) is 17.7 Å². The van der Waals surface area contributed by atoms with Crippen molar-refractivity contribution >= 4 is 23.2 Å². The number of nitrogens with zero attached hydrogens (tertiary/aromatic N) is 1. The first-order valence-corrected chi connectivity index (χ1v) is 8.41. The topological polar surface area (TPSA) is 79.9 Å². The van der Waals surface area contributed by atoms with Crippen molar-refractivity contribution in [1.82, 2.24) is 5.43 Å². The van der Waals surface area contributed by atoms with E-state index >= 15 is 0 Å². The van der Waals surface area contributed by atoms with Gasteiger partial charge < -0.3 is 14.8 Å². The molecule has 0 bridgehead atoms. The van der Waals surface area contributed by atoms with Crippen molar-refractivity contribution in [1.29, 1.82) is 0 Å². The molecule has 140 valence electrons. The molecule has 3 rings (SSSR count). The van der Waals surface area contributed by atoms with E-state index in [1.165, 1.54) is 12.1 Å². The quantitative estimate of drug-likeness (QED) is 0.849. The van der Waals surface area contributed by atoms with Gasteiger partial charge >= 0.3 is 0 Å². The zero-order valence-electron chi connectivity index (χ0n) is 15.4. The fraction of sp³-hybridized carbons (Fsp3) is 0.200. The van der Waals surface area contributed by atoms with Crippen molar-refractivity contribution in [2.45, 2.75) is 13.3 Å². The third kappa shape index (κ3) is 4.03. The van der Waals surface area contributed by atoms with E-state index in [9.17, 15) is 9.59 Å². The Labute approximate surface area is 157 Å². The van der Waals surface area contributed by atoms with Gasteiger partial charge in [0.1, 0.15) is 17.2 Å². The number of hydrogen-bond acceptors (Lipinski definition) is 5. The minimum atomic E-state index is -0.383. The normalized spacial score (nSPS) is 13.5. The van der Waals surface area contributed by atoms with E-state index in [0.29, 0.717) is 22.9 Å². The summed E-state index contributed by atoms with van der Waals surface area (Å²) in [5.41, 5.74) is 5.39. The van der Waals surface area contributed by atoms with Crippen LogP contribution in [0.2, 0.25) is 0 Å². The maximum atomic E-state index is 12.7. The van der Waals surface area contributed by atoms with Crippen LogP contribution < -0.4 is 25.2 Å². The highest BCUT2D eigenvalue weighted by molar-refractivity contribution is 6.07. The molecule has 0 aliphatic carbocycles. The Kier molecular flexibility index (Phi) is 5.30. The largest absolute Gasteiger partial charge is 0.497 e. The van der Waals surface area contributed by atoms with E-state index in [0.717, 1.165) is 5.56 Å². The van der Waals surface area contributed by atoms with Gasteiger partial charge in [0.05, 0.1) is 25.6 Å². The van der Waals surface area contributed by atoms with Crippen LogP contribution in [-0.2, 0) is 9.59 Å². The number of rotatable bonds is 5. The average Bonchev–Trinajstić information content (AvgIpc) is 2.69. The monoisotopic (exact) mass is 367 g/mol. The zero-order chi connectivity index (χ0) is 19.4. The first-order chi connectivity index (χ1) is 13.0. The fourth-order valence-electron chi connectivity index (χ4n) is 2.66. The van der Waals surface area contributed by atoms with Crippen molar-refractivity contribution < 1.29 is 19.1 Å². The molecule has 2 amide bonds. The summed E-state index contributed by atoms with van der Waals surface area (Å²) in [5, 5.41) is 4.16. The second-order valence-corrected chi connectivity index (χ2v) is 6.02. The molecule has 0 aromatic heterocycles. The average molecular weight is 367 g/mol. The molecule has 0 radical (unpaired) electrons. The van der Waals surface area contributed by atoms with Crippen LogP contribution in [0.1, 0.15) is 12.0 Å². The van der Waals surface area contributed by atoms with Gasteiger partial charge in [0.15, 0.2) is 0 Å². The van der Waals surface area contributed by atoms with Gasteiger partial charge in [0.25, 0.3) is 5.91 Å². The minimum absolute atomic E-state index is 0.124. The van der Waals surface area contributed by atoms with E-state index in [2.05, 4.69) is 10.7 Å². The van der Waals surface area contributed by atoms with E-state index in [4.69, 9.17) is 9.47 Å². The number of hydrogen-bond donors (Lipinski definition) is 2. The van der Waals surface area contributed by atoms with E-state index in [1.807, 2.05) is 31.2 Å². The minimum Gasteiger partial charge on any atom is -0.497 e. The van der Waals surface area contributed by atoms with Crippen molar-refractivity contribution in [3.63, 3.8) is 0 Å². The Morgan fingerprint density at radius 2 is 1.85 bits per heavy atom. The maximum Gasteiger partial charge on any atom is 0.273 e. The van der Waals surface area contributed by atoms with Crippen LogP contribution in [0.25, 0.3) is 0 Å². The van der Waals surface area contributed by atoms with Gasteiger partial charge in [0.2, 0.25) is 5.91 Å². The molecule has 1 heterocycles. The summed E-state index contributed by atoms with van der Waals surface area (Å²) >= 11 is 0. The Morgan fingerprint density at radius 3 is 2.52 bits per heavy atom. The van der Waals surface area contributed by atoms with Crippen molar-refractivity contribution in [3.8, 4) is 11.5 Å². The molecule has 0 saturated heterocycles. The first kappa shape index (κ1) is 18.3. The Balaban J connectivity index is 1.79. The van der Waals surface area contributed by atoms with Gasteiger partial charge in [-0.25, -0.2) is 5.01 Å². The summed E-state index contributed by atoms with van der Waals surface area (Å²) in [5.74, 6) is 0.570. The van der Waals surface area contributed by atoms with Crippen LogP contribution in [0.5, 0.6) is 11.5 Å². The molecule has 1 aliphatic rings. The Hall–Kier alpha value is -3.48. The summed E-state index contributed by atoms with van der Waals surface area (Å²) in [4.78, 5) is 24.9. The summed E-state index contributed by atoms with van der Waals surface area (Å²) in [6.07, 6.45) is 1.69. The highest BCUT2D eigenvalue weighted by Crippen LogP contribution is 2.29. The molecule has 0 fully saturated rings. The van der Waals surface area contributed by atoms with Gasteiger partial charge in [-0.3, -0.25) is 15.0 Å². The van der Waals surface area contributed by atoms with Gasteiger partial charge in [0, 0.05) is 12.5 Å². The van der Waals surface area contributed by atoms with Crippen molar-refractivity contribution in [2.24, 2.45) is 0 Å². The number of nitrogens with one attached hydrogen (secondary N) is 2. The van der Waals surface area contributed by atoms with Gasteiger partial charge in [-0.15, -0.1) is 0 Å². The van der Waals surface area contributed by atoms with Crippen molar-refractivity contribution in [3.05, 3.63) is 59.8 Å². The van der Waals surface area contributed by atoms with Crippen molar-refractivity contribution in [2.75, 3.05) is 24.5 Å². The predicted octanol–water partition coefficient (Wildman–Crippen LogP) is 2.78. The molecule has 2 N–H and O–H groups in total. The van der Waals surface area contributed by atoms with Crippen LogP contribution in [0.15, 0.2) is 54.2 Å². The molecule has 0 atom stereocenters. The molecular formula is C20H21N3O4. The highest BCUT2D eigenvalue weighted by atomic mass is 16.5. The number of hydrazine groups is 1. The smallest absolute Gasteiger partial charge is 0.273 e. The van der Waals surface area contributed by atoms with E-state index in [1.54, 1.807) is 31.4 Å². The van der Waals surface area contributed by atoms with Crippen LogP contribution in [0.3, 0.4) is 0 Å². The molecule has 27 heavy (non-hydrogen) atoms. The standard InChI is InChI=1S/C20H21N3O4/c1-13-4-6-14(7-5-13)23-19(24)11-9-16(22-23)20(25)21-17-12-15(26-2)8-10-18(17)27-3/h4-10,12,22H,11H2,1-3H3,(H,21,25). The van der Waals surface area contributed by atoms with Crippen LogP contribution in [0.4, 0.5) is 11.4 Å². The van der Waals surface area contributed by atoms with Crippen LogP contribution >= 0.6 is 0 Å². The lowest BCUT2D eigenvalue weighted by atomic mass is 10.2. The number of ether oxygens (including phenoxy) is 2. The number of benzene rings is 2. The van der Waals surface area contributed by atoms with Crippen LogP contribution in [-0.4, -0.2) is 26.0 Å². The lowest BCUT2D eigenvalue weighted by Crippen LogP contribution is -2.47. The molecule has 0 unspecified atom stereocenters. The summed E-state index contributed by atoms with van der Waals surface area (Å²) in [6.45, 7) is 1.97. The third-order valence-corrected chi connectivity index (χ3v) is 4.15. The maximum absolute atomic E-state index is 12.7. The fourth-order valence-corrected chi connectivity index (χ4v) is 2.66. The lowest BCUT2D eigenvalue weighted by Gasteiger charge is -2.28. The molecule has 7 heteroatoms. The Morgan fingerprint density at radius 1 is 1.11 bits per heavy atom. The number of amides is 2. The van der Waals surface area contributed by atoms with Gasteiger partial charge in [-0.05, 0) is 37.3 Å². The third-order valence-electron chi connectivity index (χ3n) is 4.15. The van der Waals surface area contributed by atoms with E-state index < -0.39 is 0 Å². The SMILES string of the molecule is COc1ccc(OC)c(NC(=O)C2=CCC(=O)N(c3ccc(C)cc3)N2)c1. The number of aryl methyl sites for hydroxylation is 1. The molecule has 7 nitrogen and oxygen atoms in total. The molecule has 2 aromatic carbocycles. The molecule has 2 aromatic rings. The predicted molar refractivity (Wildman–Crippen MR) is 103 cm³/mol. The number of anilines is 2. The number of carbonyl (C=O) groups is 2. The summed E-state index contributed by atoms with van der Waals surface area (Å²) in [6, 6.07) is 12.6. The molecular weight excluding hydrogens is 346 g/mol. The summed E-state index contributed by atoms with van der Waals surface area (Å²) < 4.78 is 10.5. The molecule has 1 aliphatic heterocycles. The zero-order valence-corrected chi connectivity index (χ0v) is 15.4. The number of methoxy groups -OCH3 is 2. The summed E-state index contributed by atoms with van der Waals surface area (Å²) in [7, 11) is 3.07. The highest BCUT2D eigenvalue weighted by Gasteiger charge is 2.24. The number of carbonyl (C=O) groups excluding carboxylic acids is 2. The second-order valence-electron chi connectivity index (χ2n) is 6.02. The van der Waals surface area contributed by atoms with E-state index in [-0.39, 0.29) is 23.9 Å². The van der Waals surface area contributed by atoms with Crippen LogP contribution in [0, 0.1) is 6.92 Å². The second kappa shape index (κ2) is 7.82. The first-order valence-electron chi connectivity index (χ1n) is 8.41. The van der Waals surface area contributed by atoms with Gasteiger partial charge in [-0.2, -0.15) is 0 Å².